The summed E-state index contributed by atoms with van der Waals surface area (Å²) in [4.78, 5) is 4.16. The Bertz CT molecular complexity index is 320. The van der Waals surface area contributed by atoms with E-state index < -0.39 is 0 Å². The van der Waals surface area contributed by atoms with Crippen molar-refractivity contribution in [2.24, 2.45) is 0 Å². The lowest BCUT2D eigenvalue weighted by Gasteiger charge is -2.30. The van der Waals surface area contributed by atoms with Crippen molar-refractivity contribution in [1.82, 2.24) is 10.3 Å². The van der Waals surface area contributed by atoms with Gasteiger partial charge in [0.25, 0.3) is 0 Å². The molecule has 1 heterocycles. The number of ether oxygens (including phenoxy) is 1. The van der Waals surface area contributed by atoms with E-state index in [1.807, 2.05) is 25.6 Å². The molecule has 17 heavy (non-hydrogen) atoms. The van der Waals surface area contributed by atoms with E-state index in [1.54, 1.807) is 0 Å². The first-order valence-electron chi connectivity index (χ1n) is 6.48. The predicted octanol–water partition coefficient (Wildman–Crippen LogP) is 2.69. The lowest BCUT2D eigenvalue weighted by Crippen LogP contribution is -2.36. The molecule has 0 spiro atoms. The van der Waals surface area contributed by atoms with Gasteiger partial charge in [-0.25, -0.2) is 0 Å². The van der Waals surface area contributed by atoms with Crippen LogP contribution in [0, 0.1) is 0 Å². The monoisotopic (exact) mass is 234 g/mol. The molecule has 1 fully saturated rings. The van der Waals surface area contributed by atoms with Crippen LogP contribution in [0.1, 0.15) is 44.2 Å². The number of pyridine rings is 1. The van der Waals surface area contributed by atoms with Crippen LogP contribution in [0.3, 0.4) is 0 Å². The average molecular weight is 234 g/mol. The third-order valence-electron chi connectivity index (χ3n) is 3.68. The van der Waals surface area contributed by atoms with Gasteiger partial charge in [-0.3, -0.25) is 4.98 Å². The van der Waals surface area contributed by atoms with Crippen LogP contribution in [0.5, 0.6) is 0 Å². The Kier molecular flexibility index (Phi) is 4.51. The van der Waals surface area contributed by atoms with Gasteiger partial charge in [-0.15, -0.1) is 0 Å². The van der Waals surface area contributed by atoms with Crippen molar-refractivity contribution in [2.45, 2.75) is 50.8 Å². The molecule has 0 radical (unpaired) electrons. The smallest absolute Gasteiger partial charge is 0.0572 e. The van der Waals surface area contributed by atoms with Crippen LogP contribution >= 0.6 is 0 Å². The molecule has 1 aromatic rings. The van der Waals surface area contributed by atoms with Crippen molar-refractivity contribution < 1.29 is 4.74 Å². The summed E-state index contributed by atoms with van der Waals surface area (Å²) in [5.74, 6) is 0. The maximum atomic E-state index is 5.39. The SMILES string of the molecule is COC1CCC(NC(C)c2cccnc2)CC1. The molecule has 1 aromatic heterocycles. The average Bonchev–Trinajstić information content (AvgIpc) is 2.40. The molecule has 0 aliphatic heterocycles. The van der Waals surface area contributed by atoms with Gasteiger partial charge in [-0.1, -0.05) is 6.07 Å². The van der Waals surface area contributed by atoms with Crippen molar-refractivity contribution in [2.75, 3.05) is 7.11 Å². The molecular weight excluding hydrogens is 212 g/mol. The Morgan fingerprint density at radius 1 is 1.35 bits per heavy atom. The summed E-state index contributed by atoms with van der Waals surface area (Å²) in [5, 5.41) is 3.68. The summed E-state index contributed by atoms with van der Waals surface area (Å²) in [5.41, 5.74) is 1.27. The van der Waals surface area contributed by atoms with Gasteiger partial charge in [0.15, 0.2) is 0 Å². The van der Waals surface area contributed by atoms with Gasteiger partial charge in [0.2, 0.25) is 0 Å². The molecule has 1 aliphatic rings. The number of methoxy groups -OCH3 is 1. The summed E-state index contributed by atoms with van der Waals surface area (Å²) >= 11 is 0. The minimum Gasteiger partial charge on any atom is -0.381 e. The van der Waals surface area contributed by atoms with Crippen LogP contribution in [-0.2, 0) is 4.74 Å². The topological polar surface area (TPSA) is 34.1 Å². The number of hydrogen-bond acceptors (Lipinski definition) is 3. The number of nitrogens with one attached hydrogen (secondary N) is 1. The number of nitrogens with zero attached hydrogens (tertiary/aromatic N) is 1. The molecule has 3 nitrogen and oxygen atoms in total. The summed E-state index contributed by atoms with van der Waals surface area (Å²) in [6.45, 7) is 2.21. The largest absolute Gasteiger partial charge is 0.381 e. The van der Waals surface area contributed by atoms with E-state index in [1.165, 1.54) is 31.2 Å². The van der Waals surface area contributed by atoms with E-state index >= 15 is 0 Å². The van der Waals surface area contributed by atoms with Crippen LogP contribution in [0.2, 0.25) is 0 Å². The molecule has 1 unspecified atom stereocenters. The standard InChI is InChI=1S/C14H22N2O/c1-11(12-4-3-9-15-10-12)16-13-5-7-14(17-2)8-6-13/h3-4,9-11,13-14,16H,5-8H2,1-2H3. The highest BCUT2D eigenvalue weighted by Crippen LogP contribution is 2.23. The quantitative estimate of drug-likeness (QED) is 0.869. The molecule has 2 rings (SSSR count). The van der Waals surface area contributed by atoms with E-state index in [-0.39, 0.29) is 0 Å². The van der Waals surface area contributed by atoms with E-state index in [9.17, 15) is 0 Å². The van der Waals surface area contributed by atoms with E-state index in [0.29, 0.717) is 18.2 Å². The van der Waals surface area contributed by atoms with Gasteiger partial charge < -0.3 is 10.1 Å². The van der Waals surface area contributed by atoms with Gasteiger partial charge in [-0.05, 0) is 44.2 Å². The van der Waals surface area contributed by atoms with Crippen molar-refractivity contribution in [3.63, 3.8) is 0 Å². The van der Waals surface area contributed by atoms with Crippen molar-refractivity contribution >= 4 is 0 Å². The number of hydrogen-bond donors (Lipinski definition) is 1. The van der Waals surface area contributed by atoms with Crippen LogP contribution in [-0.4, -0.2) is 24.2 Å². The molecule has 0 bridgehead atoms. The van der Waals surface area contributed by atoms with Gasteiger partial charge in [-0.2, -0.15) is 0 Å². The first kappa shape index (κ1) is 12.5. The zero-order chi connectivity index (χ0) is 12.1. The zero-order valence-corrected chi connectivity index (χ0v) is 10.7. The van der Waals surface area contributed by atoms with Crippen molar-refractivity contribution in [3.8, 4) is 0 Å². The van der Waals surface area contributed by atoms with E-state index in [0.717, 1.165) is 0 Å². The Balaban J connectivity index is 1.82. The number of aromatic nitrogens is 1. The van der Waals surface area contributed by atoms with Gasteiger partial charge in [0.05, 0.1) is 6.10 Å². The predicted molar refractivity (Wildman–Crippen MR) is 68.8 cm³/mol. The first-order chi connectivity index (χ1) is 8.29. The molecule has 1 N–H and O–H groups in total. The Hall–Kier alpha value is -0.930. The normalized spacial score (nSPS) is 26.7. The molecule has 0 saturated heterocycles. The van der Waals surface area contributed by atoms with Crippen LogP contribution in [0.4, 0.5) is 0 Å². The molecule has 0 aromatic carbocycles. The minimum atomic E-state index is 0.382. The van der Waals surface area contributed by atoms with E-state index in [4.69, 9.17) is 4.74 Å². The van der Waals surface area contributed by atoms with Crippen LogP contribution < -0.4 is 5.32 Å². The van der Waals surface area contributed by atoms with Gasteiger partial charge in [0.1, 0.15) is 0 Å². The molecule has 0 amide bonds. The third-order valence-corrected chi connectivity index (χ3v) is 3.68. The zero-order valence-electron chi connectivity index (χ0n) is 10.7. The fourth-order valence-corrected chi connectivity index (χ4v) is 2.55. The van der Waals surface area contributed by atoms with E-state index in [2.05, 4.69) is 23.3 Å². The van der Waals surface area contributed by atoms with Gasteiger partial charge in [0, 0.05) is 31.6 Å². The summed E-state index contributed by atoms with van der Waals surface area (Å²) in [7, 11) is 1.82. The molecule has 3 heteroatoms. The van der Waals surface area contributed by atoms with Crippen LogP contribution in [0.15, 0.2) is 24.5 Å². The maximum Gasteiger partial charge on any atom is 0.0572 e. The lowest BCUT2D eigenvalue weighted by atomic mass is 9.92. The molecule has 94 valence electrons. The summed E-state index contributed by atoms with van der Waals surface area (Å²) in [6.07, 6.45) is 9.01. The summed E-state index contributed by atoms with van der Waals surface area (Å²) in [6, 6.07) is 5.13. The van der Waals surface area contributed by atoms with Crippen molar-refractivity contribution in [3.05, 3.63) is 30.1 Å². The molecule has 1 aliphatic carbocycles. The van der Waals surface area contributed by atoms with Gasteiger partial charge >= 0.3 is 0 Å². The molecule has 1 saturated carbocycles. The maximum absolute atomic E-state index is 5.39. The fourth-order valence-electron chi connectivity index (χ4n) is 2.55. The lowest BCUT2D eigenvalue weighted by molar-refractivity contribution is 0.0614. The summed E-state index contributed by atoms with van der Waals surface area (Å²) < 4.78 is 5.39. The first-order valence-corrected chi connectivity index (χ1v) is 6.48. The second-order valence-electron chi connectivity index (χ2n) is 4.88. The van der Waals surface area contributed by atoms with Crippen molar-refractivity contribution in [1.29, 1.82) is 0 Å². The van der Waals surface area contributed by atoms with Crippen LogP contribution in [0.25, 0.3) is 0 Å². The Morgan fingerprint density at radius 2 is 2.12 bits per heavy atom. The second kappa shape index (κ2) is 6.12. The highest BCUT2D eigenvalue weighted by Gasteiger charge is 2.22. The Morgan fingerprint density at radius 3 is 2.71 bits per heavy atom. The number of rotatable bonds is 4. The molecular formula is C14H22N2O. The molecule has 1 atom stereocenters. The second-order valence-corrected chi connectivity index (χ2v) is 4.88. The fraction of sp³-hybridized carbons (Fsp3) is 0.643. The highest BCUT2D eigenvalue weighted by molar-refractivity contribution is 5.13. The third kappa shape index (κ3) is 3.51. The highest BCUT2D eigenvalue weighted by atomic mass is 16.5. The minimum absolute atomic E-state index is 0.382. The Labute approximate surface area is 104 Å².